The number of likely N-dealkylation sites (tertiary alicyclic amines) is 1. The van der Waals surface area contributed by atoms with Gasteiger partial charge in [0.1, 0.15) is 0 Å². The van der Waals surface area contributed by atoms with Crippen molar-refractivity contribution in [2.24, 2.45) is 0 Å². The van der Waals surface area contributed by atoms with Crippen LogP contribution in [0.3, 0.4) is 0 Å². The second kappa shape index (κ2) is 5.58. The van der Waals surface area contributed by atoms with E-state index >= 15 is 0 Å². The van der Waals surface area contributed by atoms with Crippen LogP contribution in [0.5, 0.6) is 0 Å². The van der Waals surface area contributed by atoms with Crippen molar-refractivity contribution >= 4 is 10.9 Å². The first kappa shape index (κ1) is 14.2. The molecule has 1 fully saturated rings. The number of nitrogens with zero attached hydrogens (tertiary/aromatic N) is 3. The molecule has 0 unspecified atom stereocenters. The molecule has 2 atom stereocenters. The number of likely N-dealkylation sites (N-methyl/N-ethyl adjacent to an activating group) is 1. The van der Waals surface area contributed by atoms with Crippen molar-refractivity contribution in [3.8, 4) is 0 Å². The predicted molar refractivity (Wildman–Crippen MR) is 82.7 cm³/mol. The molecule has 1 aliphatic heterocycles. The van der Waals surface area contributed by atoms with Gasteiger partial charge in [0.05, 0.1) is 29.4 Å². The summed E-state index contributed by atoms with van der Waals surface area (Å²) >= 11 is 0. The summed E-state index contributed by atoms with van der Waals surface area (Å²) < 4.78 is 7.56. The number of hydrogen-bond acceptors (Lipinski definition) is 4. The summed E-state index contributed by atoms with van der Waals surface area (Å²) in [5.74, 6) is 0. The lowest BCUT2D eigenvalue weighted by Gasteiger charge is -2.21. The molecule has 3 rings (SSSR count). The van der Waals surface area contributed by atoms with E-state index in [2.05, 4.69) is 16.9 Å². The molecule has 5 heteroatoms. The molecule has 0 N–H and O–H groups in total. The Hall–Kier alpha value is -1.72. The van der Waals surface area contributed by atoms with Crippen LogP contribution in [-0.4, -0.2) is 47.3 Å². The summed E-state index contributed by atoms with van der Waals surface area (Å²) in [7, 11) is 2.05. The fourth-order valence-electron chi connectivity index (χ4n) is 3.17. The third kappa shape index (κ3) is 2.47. The standard InChI is InChI=1S/C16H21N3O2/c1-4-21-14-9-18(3)8-13(14)19-10-17-12-7-5-6-11(2)15(12)16(19)20/h5-7,10,13-14H,4,8-9H2,1-3H3/t13-,14-/m0/s1. The van der Waals surface area contributed by atoms with E-state index < -0.39 is 0 Å². The van der Waals surface area contributed by atoms with Gasteiger partial charge in [-0.2, -0.15) is 0 Å². The fraction of sp³-hybridized carbons (Fsp3) is 0.500. The fourth-order valence-corrected chi connectivity index (χ4v) is 3.17. The first-order chi connectivity index (χ1) is 10.1. The Morgan fingerprint density at radius 3 is 2.95 bits per heavy atom. The highest BCUT2D eigenvalue weighted by molar-refractivity contribution is 5.80. The van der Waals surface area contributed by atoms with Crippen molar-refractivity contribution in [3.05, 3.63) is 40.4 Å². The molecule has 1 saturated heterocycles. The van der Waals surface area contributed by atoms with Gasteiger partial charge in [-0.15, -0.1) is 0 Å². The zero-order valence-electron chi connectivity index (χ0n) is 12.7. The number of aryl methyl sites for hydroxylation is 1. The van der Waals surface area contributed by atoms with Crippen LogP contribution >= 0.6 is 0 Å². The topological polar surface area (TPSA) is 47.4 Å². The van der Waals surface area contributed by atoms with Crippen molar-refractivity contribution in [2.75, 3.05) is 26.7 Å². The summed E-state index contributed by atoms with van der Waals surface area (Å²) in [6.45, 7) is 6.25. The third-order valence-electron chi connectivity index (χ3n) is 4.18. The number of hydrogen-bond donors (Lipinski definition) is 0. The Balaban J connectivity index is 2.10. The van der Waals surface area contributed by atoms with Crippen LogP contribution in [0.15, 0.2) is 29.3 Å². The van der Waals surface area contributed by atoms with E-state index in [9.17, 15) is 4.79 Å². The van der Waals surface area contributed by atoms with E-state index in [1.54, 1.807) is 10.9 Å². The van der Waals surface area contributed by atoms with Gasteiger partial charge in [0.2, 0.25) is 0 Å². The number of fused-ring (bicyclic) bond motifs is 1. The SMILES string of the molecule is CCO[C@H]1CN(C)C[C@@H]1n1cnc2cccc(C)c2c1=O. The molecular formula is C16H21N3O2. The van der Waals surface area contributed by atoms with Crippen LogP contribution in [0, 0.1) is 6.92 Å². The van der Waals surface area contributed by atoms with E-state index in [1.807, 2.05) is 32.0 Å². The van der Waals surface area contributed by atoms with Gasteiger partial charge in [-0.1, -0.05) is 12.1 Å². The average molecular weight is 287 g/mol. The van der Waals surface area contributed by atoms with Crippen molar-refractivity contribution in [1.29, 1.82) is 0 Å². The first-order valence-corrected chi connectivity index (χ1v) is 7.38. The lowest BCUT2D eigenvalue weighted by molar-refractivity contribution is 0.0459. The molecular weight excluding hydrogens is 266 g/mol. The molecule has 0 bridgehead atoms. The maximum absolute atomic E-state index is 12.8. The van der Waals surface area contributed by atoms with Crippen molar-refractivity contribution in [2.45, 2.75) is 26.0 Å². The number of aromatic nitrogens is 2. The normalized spacial score (nSPS) is 23.0. The molecule has 2 heterocycles. The summed E-state index contributed by atoms with van der Waals surface area (Å²) in [4.78, 5) is 19.5. The zero-order chi connectivity index (χ0) is 15.0. The minimum absolute atomic E-state index is 0.0268. The molecule has 1 aromatic heterocycles. The molecule has 0 saturated carbocycles. The van der Waals surface area contributed by atoms with Gasteiger partial charge >= 0.3 is 0 Å². The van der Waals surface area contributed by atoms with Crippen LogP contribution in [0.25, 0.3) is 10.9 Å². The van der Waals surface area contributed by atoms with Gasteiger partial charge < -0.3 is 9.64 Å². The van der Waals surface area contributed by atoms with Crippen LogP contribution in [0.4, 0.5) is 0 Å². The van der Waals surface area contributed by atoms with E-state index in [4.69, 9.17) is 4.74 Å². The van der Waals surface area contributed by atoms with Crippen molar-refractivity contribution in [1.82, 2.24) is 14.5 Å². The number of rotatable bonds is 3. The van der Waals surface area contributed by atoms with Crippen LogP contribution in [0.1, 0.15) is 18.5 Å². The van der Waals surface area contributed by atoms with Gasteiger partial charge in [0.25, 0.3) is 5.56 Å². The second-order valence-corrected chi connectivity index (χ2v) is 5.71. The highest BCUT2D eigenvalue weighted by Crippen LogP contribution is 2.23. The highest BCUT2D eigenvalue weighted by atomic mass is 16.5. The lowest BCUT2D eigenvalue weighted by atomic mass is 10.1. The zero-order valence-corrected chi connectivity index (χ0v) is 12.7. The molecule has 2 aromatic rings. The van der Waals surface area contributed by atoms with Gasteiger partial charge in [0.15, 0.2) is 0 Å². The molecule has 0 aliphatic carbocycles. The Kier molecular flexibility index (Phi) is 3.78. The molecule has 21 heavy (non-hydrogen) atoms. The van der Waals surface area contributed by atoms with Crippen LogP contribution in [0.2, 0.25) is 0 Å². The van der Waals surface area contributed by atoms with Crippen molar-refractivity contribution < 1.29 is 4.74 Å². The molecule has 112 valence electrons. The Morgan fingerprint density at radius 1 is 1.38 bits per heavy atom. The number of ether oxygens (including phenoxy) is 1. The first-order valence-electron chi connectivity index (χ1n) is 7.38. The summed E-state index contributed by atoms with van der Waals surface area (Å²) in [6.07, 6.45) is 1.71. The molecule has 0 spiro atoms. The summed E-state index contributed by atoms with van der Waals surface area (Å²) in [5.41, 5.74) is 1.76. The summed E-state index contributed by atoms with van der Waals surface area (Å²) in [6, 6.07) is 5.80. The molecule has 1 aromatic carbocycles. The second-order valence-electron chi connectivity index (χ2n) is 5.71. The average Bonchev–Trinajstić information content (AvgIpc) is 2.80. The quantitative estimate of drug-likeness (QED) is 0.860. The lowest BCUT2D eigenvalue weighted by Crippen LogP contribution is -2.33. The van der Waals surface area contributed by atoms with Gasteiger partial charge in [0, 0.05) is 19.7 Å². The van der Waals surface area contributed by atoms with Crippen LogP contribution in [-0.2, 0) is 4.74 Å². The van der Waals surface area contributed by atoms with E-state index in [0.29, 0.717) is 12.0 Å². The molecule has 1 aliphatic rings. The molecule has 0 radical (unpaired) electrons. The smallest absolute Gasteiger partial charge is 0.261 e. The predicted octanol–water partition coefficient (Wildman–Crippen LogP) is 1.60. The third-order valence-corrected chi connectivity index (χ3v) is 4.18. The number of benzene rings is 1. The monoisotopic (exact) mass is 287 g/mol. The van der Waals surface area contributed by atoms with Crippen molar-refractivity contribution in [3.63, 3.8) is 0 Å². The van der Waals surface area contributed by atoms with Crippen LogP contribution < -0.4 is 5.56 Å². The molecule has 5 nitrogen and oxygen atoms in total. The maximum Gasteiger partial charge on any atom is 0.261 e. The molecule has 0 amide bonds. The highest BCUT2D eigenvalue weighted by Gasteiger charge is 2.33. The minimum atomic E-state index is 0.0268. The Bertz CT molecular complexity index is 710. The summed E-state index contributed by atoms with van der Waals surface area (Å²) in [5, 5.41) is 0.713. The van der Waals surface area contributed by atoms with Gasteiger partial charge in [-0.25, -0.2) is 4.98 Å². The largest absolute Gasteiger partial charge is 0.375 e. The van der Waals surface area contributed by atoms with Gasteiger partial charge in [-0.3, -0.25) is 9.36 Å². The Labute approximate surface area is 124 Å². The minimum Gasteiger partial charge on any atom is -0.375 e. The maximum atomic E-state index is 12.8. The van der Waals surface area contributed by atoms with Gasteiger partial charge in [-0.05, 0) is 32.5 Å². The Morgan fingerprint density at radius 2 is 2.19 bits per heavy atom. The van der Waals surface area contributed by atoms with E-state index in [1.165, 1.54) is 0 Å². The van der Waals surface area contributed by atoms with E-state index in [0.717, 1.165) is 24.2 Å². The van der Waals surface area contributed by atoms with E-state index in [-0.39, 0.29) is 17.7 Å².